The van der Waals surface area contributed by atoms with Crippen LogP contribution < -0.4 is 10.1 Å². The van der Waals surface area contributed by atoms with E-state index in [-0.39, 0.29) is 24.2 Å². The monoisotopic (exact) mass is 326 g/mol. The molecule has 1 saturated heterocycles. The average Bonchev–Trinajstić information content (AvgIpc) is 2.55. The summed E-state index contributed by atoms with van der Waals surface area (Å²) < 4.78 is 5.16. The van der Waals surface area contributed by atoms with Crippen molar-refractivity contribution in [2.45, 2.75) is 38.1 Å². The predicted octanol–water partition coefficient (Wildman–Crippen LogP) is 2.82. The van der Waals surface area contributed by atoms with E-state index in [4.69, 9.17) is 4.74 Å². The van der Waals surface area contributed by atoms with Crippen molar-refractivity contribution in [1.29, 1.82) is 0 Å². The van der Waals surface area contributed by atoms with Gasteiger partial charge in [0, 0.05) is 25.6 Å². The second-order valence-electron chi connectivity index (χ2n) is 5.82. The molecular weight excluding hydrogens is 300 g/mol. The van der Waals surface area contributed by atoms with Gasteiger partial charge in [-0.25, -0.2) is 0 Å². The van der Waals surface area contributed by atoms with Crippen molar-refractivity contribution >= 4 is 18.3 Å². The van der Waals surface area contributed by atoms with Crippen LogP contribution in [-0.2, 0) is 4.79 Å². The molecule has 1 atom stereocenters. The number of benzene rings is 1. The zero-order chi connectivity index (χ0) is 15.2. The highest BCUT2D eigenvalue weighted by molar-refractivity contribution is 5.85. The van der Waals surface area contributed by atoms with Crippen molar-refractivity contribution < 1.29 is 9.53 Å². The maximum absolute atomic E-state index is 12.4. The zero-order valence-corrected chi connectivity index (χ0v) is 14.5. The molecule has 0 saturated carbocycles. The summed E-state index contributed by atoms with van der Waals surface area (Å²) in [5, 5.41) is 3.29. The zero-order valence-electron chi connectivity index (χ0n) is 13.7. The Kier molecular flexibility index (Phi) is 7.69. The second-order valence-corrected chi connectivity index (χ2v) is 5.82. The highest BCUT2D eigenvalue weighted by Gasteiger charge is 2.23. The third-order valence-corrected chi connectivity index (χ3v) is 4.42. The van der Waals surface area contributed by atoms with Crippen molar-refractivity contribution in [2.75, 3.05) is 27.2 Å². The fourth-order valence-electron chi connectivity index (χ4n) is 2.86. The van der Waals surface area contributed by atoms with Gasteiger partial charge in [-0.1, -0.05) is 19.1 Å². The van der Waals surface area contributed by atoms with Crippen LogP contribution in [0.4, 0.5) is 0 Å². The second kappa shape index (κ2) is 9.01. The quantitative estimate of drug-likeness (QED) is 0.904. The van der Waals surface area contributed by atoms with E-state index in [1.165, 1.54) is 5.56 Å². The van der Waals surface area contributed by atoms with Gasteiger partial charge in [0.1, 0.15) is 5.75 Å². The first kappa shape index (κ1) is 18.8. The highest BCUT2D eigenvalue weighted by Crippen LogP contribution is 2.23. The number of piperidine rings is 1. The minimum atomic E-state index is 0. The Hall–Kier alpha value is -1.26. The molecule has 1 unspecified atom stereocenters. The summed E-state index contributed by atoms with van der Waals surface area (Å²) in [5.74, 6) is 1.37. The molecule has 2 rings (SSSR count). The first-order valence-electron chi connectivity index (χ1n) is 7.73. The van der Waals surface area contributed by atoms with Gasteiger partial charge in [0.15, 0.2) is 0 Å². The molecule has 4 nitrogen and oxygen atoms in total. The lowest BCUT2D eigenvalue weighted by Gasteiger charge is -2.32. The van der Waals surface area contributed by atoms with Crippen LogP contribution in [0.1, 0.15) is 37.7 Å². The van der Waals surface area contributed by atoms with Crippen LogP contribution in [0.25, 0.3) is 0 Å². The van der Waals surface area contributed by atoms with Crippen LogP contribution >= 0.6 is 12.4 Å². The fraction of sp³-hybridized carbons (Fsp3) is 0.588. The Labute approximate surface area is 139 Å². The molecule has 1 heterocycles. The Bertz CT molecular complexity index is 456. The van der Waals surface area contributed by atoms with E-state index in [0.717, 1.165) is 31.7 Å². The minimum absolute atomic E-state index is 0. The van der Waals surface area contributed by atoms with E-state index in [1.807, 2.05) is 36.2 Å². The normalized spacial score (nSPS) is 16.8. The molecule has 0 spiro atoms. The number of likely N-dealkylation sites (tertiary alicyclic amines) is 1. The van der Waals surface area contributed by atoms with Crippen LogP contribution in [0.3, 0.4) is 0 Å². The Morgan fingerprint density at radius 2 is 1.91 bits per heavy atom. The largest absolute Gasteiger partial charge is 0.497 e. The summed E-state index contributed by atoms with van der Waals surface area (Å²) in [6.07, 6.45) is 2.69. The van der Waals surface area contributed by atoms with Gasteiger partial charge in [0.25, 0.3) is 0 Å². The van der Waals surface area contributed by atoms with Crippen LogP contribution in [0, 0.1) is 0 Å². The van der Waals surface area contributed by atoms with Gasteiger partial charge in [0.05, 0.1) is 7.11 Å². The number of nitrogens with one attached hydrogen (secondary N) is 1. The highest BCUT2D eigenvalue weighted by atomic mass is 35.5. The number of carbonyl (C=O) groups excluding carboxylic acids is 1. The number of rotatable bonds is 5. The number of ether oxygens (including phenoxy) is 1. The number of hydrogen-bond donors (Lipinski definition) is 1. The molecule has 0 aromatic heterocycles. The molecular formula is C17H27ClN2O2. The molecule has 1 N–H and O–H groups in total. The molecule has 0 bridgehead atoms. The van der Waals surface area contributed by atoms with Gasteiger partial charge in [-0.15, -0.1) is 12.4 Å². The van der Waals surface area contributed by atoms with Gasteiger partial charge in [0.2, 0.25) is 5.91 Å². The number of amides is 1. The molecule has 124 valence electrons. The van der Waals surface area contributed by atoms with E-state index in [2.05, 4.69) is 12.2 Å². The summed E-state index contributed by atoms with van der Waals surface area (Å²) in [6, 6.07) is 8.56. The molecule has 1 aromatic carbocycles. The minimum Gasteiger partial charge on any atom is -0.497 e. The molecule has 1 fully saturated rings. The van der Waals surface area contributed by atoms with E-state index in [9.17, 15) is 4.79 Å². The van der Waals surface area contributed by atoms with E-state index >= 15 is 0 Å². The lowest BCUT2D eigenvalue weighted by atomic mass is 9.96. The van der Waals surface area contributed by atoms with Gasteiger partial charge in [-0.05, 0) is 43.5 Å². The first-order chi connectivity index (χ1) is 10.1. The van der Waals surface area contributed by atoms with Crippen LogP contribution in [0.2, 0.25) is 0 Å². The molecule has 5 heteroatoms. The summed E-state index contributed by atoms with van der Waals surface area (Å²) >= 11 is 0. The molecule has 0 radical (unpaired) electrons. The Morgan fingerprint density at radius 1 is 1.32 bits per heavy atom. The third-order valence-electron chi connectivity index (χ3n) is 4.42. The van der Waals surface area contributed by atoms with Crippen LogP contribution in [-0.4, -0.2) is 44.1 Å². The van der Waals surface area contributed by atoms with E-state index < -0.39 is 0 Å². The van der Waals surface area contributed by atoms with Crippen molar-refractivity contribution in [3.05, 3.63) is 29.8 Å². The number of methoxy groups -OCH3 is 1. The molecule has 1 amide bonds. The maximum Gasteiger partial charge on any atom is 0.223 e. The van der Waals surface area contributed by atoms with Gasteiger partial charge in [-0.2, -0.15) is 0 Å². The van der Waals surface area contributed by atoms with Crippen molar-refractivity contribution in [3.8, 4) is 5.75 Å². The summed E-state index contributed by atoms with van der Waals surface area (Å²) in [7, 11) is 3.66. The average molecular weight is 327 g/mol. The fourth-order valence-corrected chi connectivity index (χ4v) is 2.86. The standard InChI is InChI=1S/C17H26N2O2.ClH/c1-13(14-4-6-16(21-3)7-5-14)12-17(20)19-10-8-15(18-2)9-11-19;/h4-7,13,15,18H,8-12H2,1-3H3;1H. The molecule has 1 aromatic rings. The summed E-state index contributed by atoms with van der Waals surface area (Å²) in [4.78, 5) is 14.4. The van der Waals surface area contributed by atoms with Gasteiger partial charge < -0.3 is 15.0 Å². The first-order valence-corrected chi connectivity index (χ1v) is 7.73. The maximum atomic E-state index is 12.4. The Balaban J connectivity index is 0.00000242. The third kappa shape index (κ3) is 4.89. The Morgan fingerprint density at radius 3 is 2.41 bits per heavy atom. The number of nitrogens with zero attached hydrogens (tertiary/aromatic N) is 1. The summed E-state index contributed by atoms with van der Waals surface area (Å²) in [6.45, 7) is 3.86. The lowest BCUT2D eigenvalue weighted by molar-refractivity contribution is -0.132. The lowest BCUT2D eigenvalue weighted by Crippen LogP contribution is -2.44. The predicted molar refractivity (Wildman–Crippen MR) is 91.9 cm³/mol. The van der Waals surface area contributed by atoms with Crippen molar-refractivity contribution in [3.63, 3.8) is 0 Å². The molecule has 1 aliphatic rings. The number of carbonyl (C=O) groups is 1. The molecule has 0 aliphatic carbocycles. The van der Waals surface area contributed by atoms with Crippen LogP contribution in [0.5, 0.6) is 5.75 Å². The smallest absolute Gasteiger partial charge is 0.223 e. The van der Waals surface area contributed by atoms with Gasteiger partial charge >= 0.3 is 0 Å². The van der Waals surface area contributed by atoms with Gasteiger partial charge in [-0.3, -0.25) is 4.79 Å². The number of hydrogen-bond acceptors (Lipinski definition) is 3. The van der Waals surface area contributed by atoms with E-state index in [1.54, 1.807) is 7.11 Å². The van der Waals surface area contributed by atoms with E-state index in [0.29, 0.717) is 12.5 Å². The van der Waals surface area contributed by atoms with Crippen LogP contribution in [0.15, 0.2) is 24.3 Å². The molecule has 1 aliphatic heterocycles. The SMILES string of the molecule is CNC1CCN(C(=O)CC(C)c2ccc(OC)cc2)CC1.Cl. The topological polar surface area (TPSA) is 41.6 Å². The molecule has 22 heavy (non-hydrogen) atoms. The van der Waals surface area contributed by atoms with Crippen molar-refractivity contribution in [1.82, 2.24) is 10.2 Å². The number of halogens is 1. The summed E-state index contributed by atoms with van der Waals surface area (Å²) in [5.41, 5.74) is 1.19. The van der Waals surface area contributed by atoms with Crippen molar-refractivity contribution in [2.24, 2.45) is 0 Å².